The van der Waals surface area contributed by atoms with Crippen molar-refractivity contribution in [2.45, 2.75) is 25.6 Å². The summed E-state index contributed by atoms with van der Waals surface area (Å²) in [7, 11) is 0. The zero-order chi connectivity index (χ0) is 15.4. The lowest BCUT2D eigenvalue weighted by molar-refractivity contribution is -0.105. The van der Waals surface area contributed by atoms with Crippen molar-refractivity contribution >= 4 is 5.97 Å². The fourth-order valence-corrected chi connectivity index (χ4v) is 2.49. The zero-order valence-corrected chi connectivity index (χ0v) is 12.2. The quantitative estimate of drug-likeness (QED) is 0.928. The van der Waals surface area contributed by atoms with Gasteiger partial charge in [-0.3, -0.25) is 0 Å². The fourth-order valence-electron chi connectivity index (χ4n) is 2.49. The maximum atomic E-state index is 10.9. The Hall–Kier alpha value is -2.33. The first-order valence-corrected chi connectivity index (χ1v) is 7.44. The number of aromatic carboxylic acids is 1. The van der Waals surface area contributed by atoms with Crippen molar-refractivity contribution in [3.05, 3.63) is 54.1 Å². The second-order valence-electron chi connectivity index (χ2n) is 5.32. The summed E-state index contributed by atoms with van der Waals surface area (Å²) in [6.45, 7) is 0.763. The van der Waals surface area contributed by atoms with Gasteiger partial charge in [-0.2, -0.15) is 0 Å². The number of hydrogen-bond acceptors (Lipinski definition) is 3. The molecule has 1 fully saturated rings. The summed E-state index contributed by atoms with van der Waals surface area (Å²) < 4.78 is 11.4. The molecule has 1 unspecified atom stereocenters. The van der Waals surface area contributed by atoms with E-state index in [0.29, 0.717) is 0 Å². The first kappa shape index (κ1) is 14.6. The standard InChI is InChI=1S/C18H18O4/c19-18(20)15-6-4-13(5-7-15)14-8-10-16(11-9-14)22-17-3-1-2-12-21-17/h4-11,17H,1-3,12H2,(H,19,20). The lowest BCUT2D eigenvalue weighted by Crippen LogP contribution is -2.24. The fraction of sp³-hybridized carbons (Fsp3) is 0.278. The van der Waals surface area contributed by atoms with Gasteiger partial charge in [-0.1, -0.05) is 24.3 Å². The van der Waals surface area contributed by atoms with Crippen molar-refractivity contribution in [3.8, 4) is 16.9 Å². The van der Waals surface area contributed by atoms with Crippen molar-refractivity contribution in [2.75, 3.05) is 6.61 Å². The highest BCUT2D eigenvalue weighted by Crippen LogP contribution is 2.25. The van der Waals surface area contributed by atoms with Crippen LogP contribution in [0.15, 0.2) is 48.5 Å². The Balaban J connectivity index is 1.69. The number of carboxylic acids is 1. The third-order valence-electron chi connectivity index (χ3n) is 3.72. The average Bonchev–Trinajstić information content (AvgIpc) is 2.57. The highest BCUT2D eigenvalue weighted by molar-refractivity contribution is 5.88. The predicted octanol–water partition coefficient (Wildman–Crippen LogP) is 3.96. The summed E-state index contributed by atoms with van der Waals surface area (Å²) in [6, 6.07) is 14.6. The SMILES string of the molecule is O=C(O)c1ccc(-c2ccc(OC3CCCCO3)cc2)cc1. The number of hydrogen-bond donors (Lipinski definition) is 1. The third-order valence-corrected chi connectivity index (χ3v) is 3.72. The van der Waals surface area contributed by atoms with Crippen molar-refractivity contribution in [1.29, 1.82) is 0 Å². The summed E-state index contributed by atoms with van der Waals surface area (Å²) >= 11 is 0. The minimum Gasteiger partial charge on any atom is -0.478 e. The molecule has 0 spiro atoms. The van der Waals surface area contributed by atoms with E-state index < -0.39 is 5.97 Å². The lowest BCUT2D eigenvalue weighted by atomic mass is 10.0. The molecule has 3 rings (SSSR count). The van der Waals surface area contributed by atoms with Crippen molar-refractivity contribution < 1.29 is 19.4 Å². The molecule has 22 heavy (non-hydrogen) atoms. The summed E-state index contributed by atoms with van der Waals surface area (Å²) in [5.41, 5.74) is 2.29. The predicted molar refractivity (Wildman–Crippen MR) is 83.1 cm³/mol. The molecule has 0 aromatic heterocycles. The summed E-state index contributed by atoms with van der Waals surface area (Å²) in [6.07, 6.45) is 3.02. The third kappa shape index (κ3) is 3.46. The first-order chi connectivity index (χ1) is 10.7. The molecular formula is C18H18O4. The van der Waals surface area contributed by atoms with E-state index in [9.17, 15) is 4.79 Å². The maximum Gasteiger partial charge on any atom is 0.335 e. The van der Waals surface area contributed by atoms with E-state index >= 15 is 0 Å². The second kappa shape index (κ2) is 6.62. The molecule has 4 nitrogen and oxygen atoms in total. The summed E-state index contributed by atoms with van der Waals surface area (Å²) in [4.78, 5) is 10.9. The number of carbonyl (C=O) groups is 1. The first-order valence-electron chi connectivity index (χ1n) is 7.44. The van der Waals surface area contributed by atoms with Crippen LogP contribution in [0.25, 0.3) is 11.1 Å². The number of benzene rings is 2. The average molecular weight is 298 g/mol. The summed E-state index contributed by atoms with van der Waals surface area (Å²) in [5, 5.41) is 8.91. The van der Waals surface area contributed by atoms with Crippen LogP contribution in [0, 0.1) is 0 Å². The highest BCUT2D eigenvalue weighted by Gasteiger charge is 2.15. The minimum atomic E-state index is -0.914. The van der Waals surface area contributed by atoms with Gasteiger partial charge >= 0.3 is 5.97 Å². The van der Waals surface area contributed by atoms with E-state index in [-0.39, 0.29) is 11.9 Å². The molecule has 1 saturated heterocycles. The molecule has 0 radical (unpaired) electrons. The van der Waals surface area contributed by atoms with Gasteiger partial charge in [-0.05, 0) is 48.2 Å². The zero-order valence-electron chi connectivity index (χ0n) is 12.2. The Kier molecular flexibility index (Phi) is 4.39. The van der Waals surface area contributed by atoms with Crippen LogP contribution < -0.4 is 4.74 Å². The van der Waals surface area contributed by atoms with Crippen molar-refractivity contribution in [1.82, 2.24) is 0 Å². The van der Waals surface area contributed by atoms with E-state index in [2.05, 4.69) is 0 Å². The van der Waals surface area contributed by atoms with Crippen LogP contribution in [-0.2, 0) is 4.74 Å². The molecular weight excluding hydrogens is 280 g/mol. The molecule has 0 saturated carbocycles. The van der Waals surface area contributed by atoms with Gasteiger partial charge in [0.15, 0.2) is 6.29 Å². The van der Waals surface area contributed by atoms with E-state index in [1.165, 1.54) is 0 Å². The lowest BCUT2D eigenvalue weighted by Gasteiger charge is -2.23. The molecule has 2 aromatic carbocycles. The monoisotopic (exact) mass is 298 g/mol. The molecule has 114 valence electrons. The molecule has 1 atom stereocenters. The molecule has 2 aromatic rings. The van der Waals surface area contributed by atoms with E-state index in [4.69, 9.17) is 14.6 Å². The van der Waals surface area contributed by atoms with Gasteiger partial charge in [0.05, 0.1) is 12.2 Å². The van der Waals surface area contributed by atoms with Gasteiger partial charge in [-0.25, -0.2) is 4.79 Å². The van der Waals surface area contributed by atoms with E-state index in [1.807, 2.05) is 36.4 Å². The Bertz CT molecular complexity index is 625. The van der Waals surface area contributed by atoms with Crippen LogP contribution >= 0.6 is 0 Å². The smallest absolute Gasteiger partial charge is 0.335 e. The van der Waals surface area contributed by atoms with Crippen LogP contribution in [0.4, 0.5) is 0 Å². The van der Waals surface area contributed by atoms with Crippen molar-refractivity contribution in [2.24, 2.45) is 0 Å². The summed E-state index contributed by atoms with van der Waals surface area (Å²) in [5.74, 6) is -0.124. The molecule has 1 aliphatic heterocycles. The molecule has 1 N–H and O–H groups in total. The Morgan fingerprint density at radius 3 is 2.18 bits per heavy atom. The Labute approximate surface area is 129 Å². The van der Waals surface area contributed by atoms with Gasteiger partial charge in [0.2, 0.25) is 0 Å². The second-order valence-corrected chi connectivity index (χ2v) is 5.32. The van der Waals surface area contributed by atoms with Gasteiger partial charge < -0.3 is 14.6 Å². The number of ether oxygens (including phenoxy) is 2. The van der Waals surface area contributed by atoms with Crippen LogP contribution in [0.5, 0.6) is 5.75 Å². The molecule has 1 aliphatic rings. The van der Waals surface area contributed by atoms with Crippen LogP contribution in [0.3, 0.4) is 0 Å². The normalized spacial score (nSPS) is 17.9. The van der Waals surface area contributed by atoms with E-state index in [0.717, 1.165) is 42.7 Å². The Morgan fingerprint density at radius 2 is 1.64 bits per heavy atom. The molecule has 4 heteroatoms. The van der Waals surface area contributed by atoms with Gasteiger partial charge in [0.1, 0.15) is 5.75 Å². The largest absolute Gasteiger partial charge is 0.478 e. The number of rotatable bonds is 4. The molecule has 0 aliphatic carbocycles. The molecule has 0 bridgehead atoms. The molecule has 1 heterocycles. The minimum absolute atomic E-state index is 0.144. The maximum absolute atomic E-state index is 10.9. The van der Waals surface area contributed by atoms with E-state index in [1.54, 1.807) is 12.1 Å². The van der Waals surface area contributed by atoms with Crippen LogP contribution in [0.1, 0.15) is 29.6 Å². The van der Waals surface area contributed by atoms with Crippen LogP contribution in [0.2, 0.25) is 0 Å². The topological polar surface area (TPSA) is 55.8 Å². The van der Waals surface area contributed by atoms with Crippen LogP contribution in [-0.4, -0.2) is 24.0 Å². The van der Waals surface area contributed by atoms with Gasteiger partial charge in [0, 0.05) is 6.42 Å². The van der Waals surface area contributed by atoms with Gasteiger partial charge in [0.25, 0.3) is 0 Å². The number of carboxylic acid groups (broad SMARTS) is 1. The van der Waals surface area contributed by atoms with Crippen molar-refractivity contribution in [3.63, 3.8) is 0 Å². The molecule has 0 amide bonds. The van der Waals surface area contributed by atoms with Gasteiger partial charge in [-0.15, -0.1) is 0 Å². The highest BCUT2D eigenvalue weighted by atomic mass is 16.7. The Morgan fingerprint density at radius 1 is 1.00 bits per heavy atom.